The van der Waals surface area contributed by atoms with E-state index in [-0.39, 0.29) is 27.9 Å². The van der Waals surface area contributed by atoms with Crippen molar-refractivity contribution in [2.45, 2.75) is 24.8 Å². The summed E-state index contributed by atoms with van der Waals surface area (Å²) in [7, 11) is -2.16. The number of nitrogens with one attached hydrogen (secondary N) is 2. The van der Waals surface area contributed by atoms with Crippen molar-refractivity contribution >= 4 is 44.8 Å². The van der Waals surface area contributed by atoms with Crippen LogP contribution in [-0.2, 0) is 10.0 Å². The molecule has 0 aliphatic carbocycles. The number of carbonyl (C=O) groups excluding carboxylic acids is 2. The Morgan fingerprint density at radius 2 is 1.62 bits per heavy atom. The number of carbonyl (C=O) groups is 2. The van der Waals surface area contributed by atoms with Crippen molar-refractivity contribution in [3.05, 3.63) is 77.2 Å². The summed E-state index contributed by atoms with van der Waals surface area (Å²) in [4.78, 5) is 25.1. The monoisotopic (exact) mass is 475 g/mol. The Balaban J connectivity index is 1.79. The zero-order chi connectivity index (χ0) is 23.5. The number of halogens is 1. The SMILES string of the molecule is CC(C)N(C)S(=O)(=O)c1ccc(C(=O)Nc2ccc(Cl)cc2NC(=O)c2ccco2)cc1. The average molecular weight is 476 g/mol. The Morgan fingerprint density at radius 3 is 2.22 bits per heavy atom. The molecule has 0 fully saturated rings. The first-order valence-electron chi connectivity index (χ1n) is 9.63. The Morgan fingerprint density at radius 1 is 0.969 bits per heavy atom. The van der Waals surface area contributed by atoms with Crippen LogP contribution in [0.4, 0.5) is 11.4 Å². The molecule has 2 N–H and O–H groups in total. The van der Waals surface area contributed by atoms with E-state index in [9.17, 15) is 18.0 Å². The summed E-state index contributed by atoms with van der Waals surface area (Å²) < 4.78 is 31.5. The third kappa shape index (κ3) is 5.18. The first kappa shape index (κ1) is 23.5. The largest absolute Gasteiger partial charge is 0.459 e. The number of rotatable bonds is 7. The molecule has 1 heterocycles. The van der Waals surface area contributed by atoms with E-state index < -0.39 is 21.8 Å². The second-order valence-electron chi connectivity index (χ2n) is 7.21. The maximum atomic E-state index is 12.7. The molecule has 168 valence electrons. The van der Waals surface area contributed by atoms with Crippen LogP contribution in [0.5, 0.6) is 0 Å². The number of hydrogen-bond acceptors (Lipinski definition) is 5. The van der Waals surface area contributed by atoms with E-state index in [4.69, 9.17) is 16.0 Å². The molecule has 0 aliphatic rings. The standard InChI is InChI=1S/C22H22ClN3O5S/c1-14(2)26(3)32(29,30)17-9-6-15(7-10-17)21(27)24-18-11-8-16(23)13-19(18)25-22(28)20-5-4-12-31-20/h4-14H,1-3H3,(H,24,27)(H,25,28). The van der Waals surface area contributed by atoms with Gasteiger partial charge in [-0.3, -0.25) is 9.59 Å². The number of sulfonamides is 1. The highest BCUT2D eigenvalue weighted by Crippen LogP contribution is 2.27. The van der Waals surface area contributed by atoms with Gasteiger partial charge in [0.2, 0.25) is 10.0 Å². The van der Waals surface area contributed by atoms with E-state index in [0.717, 1.165) is 0 Å². The highest BCUT2D eigenvalue weighted by atomic mass is 35.5. The zero-order valence-electron chi connectivity index (χ0n) is 17.6. The Kier molecular flexibility index (Phi) is 7.02. The summed E-state index contributed by atoms with van der Waals surface area (Å²) >= 11 is 6.04. The second kappa shape index (κ2) is 9.56. The van der Waals surface area contributed by atoms with Crippen LogP contribution in [0.15, 0.2) is 70.2 Å². The summed E-state index contributed by atoms with van der Waals surface area (Å²) in [5, 5.41) is 5.71. The minimum absolute atomic E-state index is 0.0862. The van der Waals surface area contributed by atoms with Gasteiger partial charge in [0.05, 0.1) is 22.5 Å². The minimum atomic E-state index is -3.66. The Bertz CT molecular complexity index is 1220. The van der Waals surface area contributed by atoms with Crippen LogP contribution in [-0.4, -0.2) is 37.6 Å². The molecule has 0 unspecified atom stereocenters. The molecule has 2 aromatic carbocycles. The summed E-state index contributed by atoms with van der Waals surface area (Å²) in [6, 6.07) is 13.1. The third-order valence-electron chi connectivity index (χ3n) is 4.74. The van der Waals surface area contributed by atoms with E-state index in [0.29, 0.717) is 10.7 Å². The fourth-order valence-corrected chi connectivity index (χ4v) is 4.28. The molecule has 32 heavy (non-hydrogen) atoms. The van der Waals surface area contributed by atoms with Gasteiger partial charge in [0, 0.05) is 23.7 Å². The van der Waals surface area contributed by atoms with Gasteiger partial charge in [0.15, 0.2) is 5.76 Å². The lowest BCUT2D eigenvalue weighted by Crippen LogP contribution is -2.33. The van der Waals surface area contributed by atoms with Crippen molar-refractivity contribution in [3.8, 4) is 0 Å². The van der Waals surface area contributed by atoms with Gasteiger partial charge in [-0.05, 0) is 68.4 Å². The number of hydrogen-bond donors (Lipinski definition) is 2. The Hall–Kier alpha value is -3.14. The van der Waals surface area contributed by atoms with Gasteiger partial charge in [0.25, 0.3) is 11.8 Å². The van der Waals surface area contributed by atoms with Crippen molar-refractivity contribution in [3.63, 3.8) is 0 Å². The van der Waals surface area contributed by atoms with Gasteiger partial charge >= 0.3 is 0 Å². The molecule has 0 radical (unpaired) electrons. The Labute approximate surface area is 191 Å². The molecule has 0 saturated carbocycles. The van der Waals surface area contributed by atoms with Crippen LogP contribution in [0.2, 0.25) is 5.02 Å². The average Bonchev–Trinajstić information content (AvgIpc) is 3.30. The fraction of sp³-hybridized carbons (Fsp3) is 0.182. The van der Waals surface area contributed by atoms with Crippen LogP contribution in [0.25, 0.3) is 0 Å². The quantitative estimate of drug-likeness (QED) is 0.524. The molecule has 0 saturated heterocycles. The predicted molar refractivity (Wildman–Crippen MR) is 123 cm³/mol. The molecule has 3 aromatic rings. The predicted octanol–water partition coefficient (Wildman–Crippen LogP) is 4.47. The zero-order valence-corrected chi connectivity index (χ0v) is 19.2. The number of furan rings is 1. The van der Waals surface area contributed by atoms with E-state index in [1.54, 1.807) is 32.0 Å². The molecule has 0 spiro atoms. The van der Waals surface area contributed by atoms with E-state index in [1.807, 2.05) is 0 Å². The van der Waals surface area contributed by atoms with Gasteiger partial charge in [-0.25, -0.2) is 8.42 Å². The van der Waals surface area contributed by atoms with Crippen molar-refractivity contribution in [1.29, 1.82) is 0 Å². The smallest absolute Gasteiger partial charge is 0.291 e. The van der Waals surface area contributed by atoms with Crippen molar-refractivity contribution in [2.24, 2.45) is 0 Å². The van der Waals surface area contributed by atoms with E-state index >= 15 is 0 Å². The number of benzene rings is 2. The minimum Gasteiger partial charge on any atom is -0.459 e. The van der Waals surface area contributed by atoms with Crippen molar-refractivity contribution in [1.82, 2.24) is 4.31 Å². The number of amides is 2. The number of anilines is 2. The first-order chi connectivity index (χ1) is 15.1. The lowest BCUT2D eigenvalue weighted by molar-refractivity contribution is 0.0993. The fourth-order valence-electron chi connectivity index (χ4n) is 2.74. The van der Waals surface area contributed by atoms with Crippen LogP contribution in [0.1, 0.15) is 34.8 Å². The van der Waals surface area contributed by atoms with E-state index in [2.05, 4.69) is 10.6 Å². The van der Waals surface area contributed by atoms with Gasteiger partial charge in [-0.1, -0.05) is 11.6 Å². The van der Waals surface area contributed by atoms with Gasteiger partial charge in [-0.15, -0.1) is 0 Å². The molecule has 1 aromatic heterocycles. The van der Waals surface area contributed by atoms with Gasteiger partial charge in [0.1, 0.15) is 0 Å². The van der Waals surface area contributed by atoms with Crippen molar-refractivity contribution in [2.75, 3.05) is 17.7 Å². The third-order valence-corrected chi connectivity index (χ3v) is 7.03. The molecule has 10 heteroatoms. The highest BCUT2D eigenvalue weighted by Gasteiger charge is 2.23. The van der Waals surface area contributed by atoms with Gasteiger partial charge < -0.3 is 15.1 Å². The van der Waals surface area contributed by atoms with Crippen LogP contribution in [0.3, 0.4) is 0 Å². The van der Waals surface area contributed by atoms with Crippen LogP contribution < -0.4 is 10.6 Å². The molecule has 3 rings (SSSR count). The van der Waals surface area contributed by atoms with E-state index in [1.165, 1.54) is 54.0 Å². The maximum Gasteiger partial charge on any atom is 0.291 e. The maximum absolute atomic E-state index is 12.7. The normalized spacial score (nSPS) is 11.6. The lowest BCUT2D eigenvalue weighted by atomic mass is 10.2. The van der Waals surface area contributed by atoms with Crippen LogP contribution in [0, 0.1) is 0 Å². The topological polar surface area (TPSA) is 109 Å². The first-order valence-corrected chi connectivity index (χ1v) is 11.4. The summed E-state index contributed by atoms with van der Waals surface area (Å²) in [5.74, 6) is -0.885. The summed E-state index contributed by atoms with van der Waals surface area (Å²) in [6.07, 6.45) is 1.37. The summed E-state index contributed by atoms with van der Waals surface area (Å²) in [5.41, 5.74) is 0.843. The molecule has 0 bridgehead atoms. The number of nitrogens with zero attached hydrogens (tertiary/aromatic N) is 1. The molecule has 0 aliphatic heterocycles. The lowest BCUT2D eigenvalue weighted by Gasteiger charge is -2.21. The van der Waals surface area contributed by atoms with Gasteiger partial charge in [-0.2, -0.15) is 4.31 Å². The highest BCUT2D eigenvalue weighted by molar-refractivity contribution is 7.89. The second-order valence-corrected chi connectivity index (χ2v) is 9.65. The molecular formula is C22H22ClN3O5S. The molecule has 8 nitrogen and oxygen atoms in total. The summed E-state index contributed by atoms with van der Waals surface area (Å²) in [6.45, 7) is 3.54. The van der Waals surface area contributed by atoms with Crippen LogP contribution >= 0.6 is 11.6 Å². The van der Waals surface area contributed by atoms with Crippen molar-refractivity contribution < 1.29 is 22.4 Å². The molecule has 2 amide bonds. The molecule has 0 atom stereocenters. The molecular weight excluding hydrogens is 454 g/mol.